The van der Waals surface area contributed by atoms with Gasteiger partial charge in [-0.25, -0.2) is 4.68 Å². The van der Waals surface area contributed by atoms with E-state index in [2.05, 4.69) is 41.5 Å². The van der Waals surface area contributed by atoms with E-state index in [0.29, 0.717) is 5.02 Å². The highest BCUT2D eigenvalue weighted by Gasteiger charge is 2.08. The first kappa shape index (κ1) is 13.1. The second-order valence-electron chi connectivity index (χ2n) is 5.11. The van der Waals surface area contributed by atoms with E-state index < -0.39 is 0 Å². The number of hydrogen-bond donors (Lipinski definition) is 0. The molecule has 0 fully saturated rings. The molecule has 0 atom stereocenters. The van der Waals surface area contributed by atoms with Crippen molar-refractivity contribution in [2.24, 2.45) is 5.10 Å². The molecule has 3 aromatic carbocycles. The van der Waals surface area contributed by atoms with Crippen molar-refractivity contribution in [3.8, 4) is 0 Å². The molecule has 0 saturated carbocycles. The lowest BCUT2D eigenvalue weighted by molar-refractivity contribution is 0.975. The van der Waals surface area contributed by atoms with Crippen molar-refractivity contribution >= 4 is 39.6 Å². The van der Waals surface area contributed by atoms with Crippen LogP contribution in [0.15, 0.2) is 77.9 Å². The first-order valence-electron chi connectivity index (χ1n) is 7.12. The third-order valence-corrected chi connectivity index (χ3v) is 4.12. The standard InChI is InChI=1S/C19H13ClN2/c20-17-10-4-1-7-14(17)13-21-22-18-11-5-2-8-15(18)16-9-3-6-12-19(16)22/h1-13H/b21-13-. The molecule has 3 heteroatoms. The molecular weight excluding hydrogens is 292 g/mol. The molecule has 0 unspecified atom stereocenters. The van der Waals surface area contributed by atoms with Gasteiger partial charge in [-0.3, -0.25) is 0 Å². The molecule has 0 spiro atoms. The second-order valence-corrected chi connectivity index (χ2v) is 5.52. The molecule has 0 N–H and O–H groups in total. The molecule has 22 heavy (non-hydrogen) atoms. The van der Waals surface area contributed by atoms with Crippen molar-refractivity contribution < 1.29 is 0 Å². The van der Waals surface area contributed by atoms with Gasteiger partial charge in [0.25, 0.3) is 0 Å². The highest BCUT2D eigenvalue weighted by atomic mass is 35.5. The Hall–Kier alpha value is -2.58. The summed E-state index contributed by atoms with van der Waals surface area (Å²) in [4.78, 5) is 0. The summed E-state index contributed by atoms with van der Waals surface area (Å²) < 4.78 is 1.97. The number of nitrogens with zero attached hydrogens (tertiary/aromatic N) is 2. The monoisotopic (exact) mass is 304 g/mol. The van der Waals surface area contributed by atoms with E-state index >= 15 is 0 Å². The Balaban J connectivity index is 1.95. The van der Waals surface area contributed by atoms with Gasteiger partial charge in [-0.15, -0.1) is 0 Å². The van der Waals surface area contributed by atoms with Crippen molar-refractivity contribution in [3.05, 3.63) is 83.4 Å². The lowest BCUT2D eigenvalue weighted by Gasteiger charge is -2.00. The molecule has 1 aromatic heterocycles. The number of para-hydroxylation sites is 2. The topological polar surface area (TPSA) is 17.3 Å². The minimum atomic E-state index is 0.701. The second kappa shape index (κ2) is 5.32. The lowest BCUT2D eigenvalue weighted by atomic mass is 10.2. The fraction of sp³-hybridized carbons (Fsp3) is 0. The molecule has 4 aromatic rings. The molecule has 0 aliphatic rings. The van der Waals surface area contributed by atoms with Crippen LogP contribution in [0.3, 0.4) is 0 Å². The summed E-state index contributed by atoms with van der Waals surface area (Å²) in [5.41, 5.74) is 3.09. The zero-order valence-corrected chi connectivity index (χ0v) is 12.5. The minimum Gasteiger partial charge on any atom is -0.232 e. The smallest absolute Gasteiger partial charge is 0.0732 e. The lowest BCUT2D eigenvalue weighted by Crippen LogP contribution is -1.91. The summed E-state index contributed by atoms with van der Waals surface area (Å²) in [6, 6.07) is 24.3. The normalized spacial score (nSPS) is 11.7. The number of hydrogen-bond acceptors (Lipinski definition) is 1. The van der Waals surface area contributed by atoms with Gasteiger partial charge in [0.2, 0.25) is 0 Å². The zero-order valence-electron chi connectivity index (χ0n) is 11.8. The zero-order chi connectivity index (χ0) is 14.9. The van der Waals surface area contributed by atoms with Gasteiger partial charge in [0.1, 0.15) is 0 Å². The number of rotatable bonds is 2. The summed E-state index contributed by atoms with van der Waals surface area (Å²) in [5.74, 6) is 0. The van der Waals surface area contributed by atoms with Crippen LogP contribution in [-0.4, -0.2) is 10.9 Å². The number of benzene rings is 3. The van der Waals surface area contributed by atoms with Crippen molar-refractivity contribution in [1.29, 1.82) is 0 Å². The van der Waals surface area contributed by atoms with Crippen LogP contribution < -0.4 is 0 Å². The van der Waals surface area contributed by atoms with Gasteiger partial charge in [-0.2, -0.15) is 5.10 Å². The van der Waals surface area contributed by atoms with Crippen molar-refractivity contribution in [3.63, 3.8) is 0 Å². The summed E-state index contributed by atoms with van der Waals surface area (Å²) in [6.45, 7) is 0. The Kier molecular flexibility index (Phi) is 3.17. The maximum atomic E-state index is 6.20. The van der Waals surface area contributed by atoms with E-state index in [1.165, 1.54) is 10.8 Å². The van der Waals surface area contributed by atoms with Crippen LogP contribution in [0, 0.1) is 0 Å². The SMILES string of the molecule is Clc1ccccc1/C=N\n1c2ccccc2c2ccccc21. The Morgan fingerprint density at radius 3 is 1.91 bits per heavy atom. The largest absolute Gasteiger partial charge is 0.232 e. The Morgan fingerprint density at radius 1 is 0.727 bits per heavy atom. The average Bonchev–Trinajstić information content (AvgIpc) is 2.89. The van der Waals surface area contributed by atoms with Crippen LogP contribution in [0.2, 0.25) is 5.02 Å². The first-order valence-corrected chi connectivity index (χ1v) is 7.49. The molecule has 0 radical (unpaired) electrons. The number of fused-ring (bicyclic) bond motifs is 3. The van der Waals surface area contributed by atoms with E-state index in [1.807, 2.05) is 41.1 Å². The van der Waals surface area contributed by atoms with Gasteiger partial charge in [0.05, 0.1) is 17.2 Å². The van der Waals surface area contributed by atoms with E-state index in [0.717, 1.165) is 16.6 Å². The van der Waals surface area contributed by atoms with E-state index in [9.17, 15) is 0 Å². The highest BCUT2D eigenvalue weighted by Crippen LogP contribution is 2.28. The number of aromatic nitrogens is 1. The molecule has 1 heterocycles. The maximum absolute atomic E-state index is 6.20. The Morgan fingerprint density at radius 2 is 1.27 bits per heavy atom. The van der Waals surface area contributed by atoms with Crippen LogP contribution in [0.4, 0.5) is 0 Å². The summed E-state index contributed by atoms with van der Waals surface area (Å²) in [6.07, 6.45) is 1.81. The van der Waals surface area contributed by atoms with E-state index in [1.54, 1.807) is 6.21 Å². The molecule has 4 rings (SSSR count). The van der Waals surface area contributed by atoms with Crippen molar-refractivity contribution in [1.82, 2.24) is 4.68 Å². The van der Waals surface area contributed by atoms with Crippen molar-refractivity contribution in [2.75, 3.05) is 0 Å². The van der Waals surface area contributed by atoms with Crippen LogP contribution in [0.5, 0.6) is 0 Å². The van der Waals surface area contributed by atoms with Crippen LogP contribution in [-0.2, 0) is 0 Å². The molecule has 106 valence electrons. The van der Waals surface area contributed by atoms with E-state index in [4.69, 9.17) is 11.6 Å². The predicted octanol–water partition coefficient (Wildman–Crippen LogP) is 5.33. The van der Waals surface area contributed by atoms with Gasteiger partial charge in [-0.1, -0.05) is 66.2 Å². The third-order valence-electron chi connectivity index (χ3n) is 3.77. The van der Waals surface area contributed by atoms with Gasteiger partial charge in [-0.05, 0) is 18.2 Å². The Bertz CT molecular complexity index is 945. The molecule has 0 aliphatic carbocycles. The first-order chi connectivity index (χ1) is 10.8. The molecular formula is C19H13ClN2. The maximum Gasteiger partial charge on any atom is 0.0732 e. The van der Waals surface area contributed by atoms with Crippen LogP contribution >= 0.6 is 11.6 Å². The van der Waals surface area contributed by atoms with Gasteiger partial charge >= 0.3 is 0 Å². The highest BCUT2D eigenvalue weighted by molar-refractivity contribution is 6.33. The fourth-order valence-corrected chi connectivity index (χ4v) is 2.91. The number of halogens is 1. The van der Waals surface area contributed by atoms with Gasteiger partial charge in [0, 0.05) is 21.4 Å². The molecule has 0 bridgehead atoms. The summed E-state index contributed by atoms with van der Waals surface area (Å²) in [5, 5.41) is 7.77. The quantitative estimate of drug-likeness (QED) is 0.445. The Labute approximate surface area is 133 Å². The van der Waals surface area contributed by atoms with Gasteiger partial charge < -0.3 is 0 Å². The molecule has 2 nitrogen and oxygen atoms in total. The van der Waals surface area contributed by atoms with Gasteiger partial charge in [0.15, 0.2) is 0 Å². The van der Waals surface area contributed by atoms with Crippen LogP contribution in [0.25, 0.3) is 21.8 Å². The molecule has 0 saturated heterocycles. The molecule has 0 aliphatic heterocycles. The third kappa shape index (κ3) is 2.09. The summed E-state index contributed by atoms with van der Waals surface area (Å²) in [7, 11) is 0. The minimum absolute atomic E-state index is 0.701. The fourth-order valence-electron chi connectivity index (χ4n) is 2.73. The van der Waals surface area contributed by atoms with E-state index in [-0.39, 0.29) is 0 Å². The van der Waals surface area contributed by atoms with Crippen LogP contribution in [0.1, 0.15) is 5.56 Å². The average molecular weight is 305 g/mol. The van der Waals surface area contributed by atoms with Crippen molar-refractivity contribution in [2.45, 2.75) is 0 Å². The predicted molar refractivity (Wildman–Crippen MR) is 93.9 cm³/mol. The molecule has 0 amide bonds. The summed E-state index contributed by atoms with van der Waals surface area (Å²) >= 11 is 6.20.